The van der Waals surface area contributed by atoms with Crippen molar-refractivity contribution in [3.8, 4) is 17.1 Å². The maximum Gasteiger partial charge on any atom is 0.246 e. The zero-order valence-electron chi connectivity index (χ0n) is 22.9. The van der Waals surface area contributed by atoms with E-state index in [1.807, 2.05) is 54.7 Å². The highest BCUT2D eigenvalue weighted by Gasteiger charge is 2.22. The number of fused-ring (bicyclic) bond motifs is 1. The molecule has 206 valence electrons. The molecule has 1 aliphatic rings. The molecule has 0 radical (unpaired) electrons. The number of hydroxylamine groups is 2. The van der Waals surface area contributed by atoms with Gasteiger partial charge >= 0.3 is 0 Å². The van der Waals surface area contributed by atoms with E-state index in [1.165, 1.54) is 5.56 Å². The smallest absolute Gasteiger partial charge is 0.246 e. The van der Waals surface area contributed by atoms with Crippen LogP contribution in [0.15, 0.2) is 89.7 Å². The highest BCUT2D eigenvalue weighted by molar-refractivity contribution is 5.63. The normalized spacial score (nSPS) is 14.2. The summed E-state index contributed by atoms with van der Waals surface area (Å²) in [5.74, 6) is 1.53. The molecule has 6 rings (SSSR count). The Morgan fingerprint density at radius 3 is 2.40 bits per heavy atom. The monoisotopic (exact) mass is 537 g/mol. The Hall–Kier alpha value is -3.98. The second kappa shape index (κ2) is 12.5. The summed E-state index contributed by atoms with van der Waals surface area (Å²) in [4.78, 5) is 19.2. The van der Waals surface area contributed by atoms with Crippen molar-refractivity contribution < 1.29 is 14.0 Å². The number of aromatic nitrogens is 3. The molecule has 0 atom stereocenters. The summed E-state index contributed by atoms with van der Waals surface area (Å²) >= 11 is 0. The van der Waals surface area contributed by atoms with Gasteiger partial charge in [0.25, 0.3) is 0 Å². The third kappa shape index (κ3) is 6.25. The van der Waals surface area contributed by atoms with Gasteiger partial charge in [-0.3, -0.25) is 9.30 Å². The van der Waals surface area contributed by atoms with Crippen molar-refractivity contribution in [1.82, 2.24) is 24.3 Å². The summed E-state index contributed by atoms with van der Waals surface area (Å²) in [5, 5.41) is 1.91. The third-order valence-corrected chi connectivity index (χ3v) is 7.20. The molecule has 0 aliphatic carbocycles. The largest absolute Gasteiger partial charge is 0.469 e. The van der Waals surface area contributed by atoms with Crippen LogP contribution >= 0.6 is 0 Å². The number of benzene rings is 2. The number of ether oxygens (including phenoxy) is 1. The van der Waals surface area contributed by atoms with Gasteiger partial charge in [0.05, 0.1) is 37.3 Å². The van der Waals surface area contributed by atoms with E-state index in [9.17, 15) is 0 Å². The van der Waals surface area contributed by atoms with Gasteiger partial charge in [-0.1, -0.05) is 60.7 Å². The van der Waals surface area contributed by atoms with Crippen LogP contribution in [0.2, 0.25) is 0 Å². The average molecular weight is 538 g/mol. The summed E-state index contributed by atoms with van der Waals surface area (Å²) < 4.78 is 13.2. The number of rotatable bonds is 11. The molecule has 0 bridgehead atoms. The van der Waals surface area contributed by atoms with Crippen LogP contribution in [0.1, 0.15) is 29.1 Å². The number of hydrogen-bond acceptors (Lipinski definition) is 7. The zero-order valence-corrected chi connectivity index (χ0v) is 22.9. The highest BCUT2D eigenvalue weighted by atomic mass is 16.7. The lowest BCUT2D eigenvalue weighted by atomic mass is 10.1. The standard InChI is InChI=1S/C32H35N5O3/c1-35(15-9-16-36-17-20-38-21-18-36)40-32-29(23-27-14-8-19-39-27)34-31-28(22-25-10-4-2-5-11-25)33-30(24-37(31)32)26-12-6-3-7-13-26/h2-8,10-14,19,24H,9,15-18,20-23H2,1H3. The lowest BCUT2D eigenvalue weighted by molar-refractivity contribution is -0.0421. The van der Waals surface area contributed by atoms with Gasteiger partial charge in [0.1, 0.15) is 11.5 Å². The molecule has 0 amide bonds. The third-order valence-electron chi connectivity index (χ3n) is 7.20. The van der Waals surface area contributed by atoms with Gasteiger partial charge in [-0.15, -0.1) is 5.06 Å². The predicted octanol–water partition coefficient (Wildman–Crippen LogP) is 5.12. The molecule has 1 saturated heterocycles. The fourth-order valence-electron chi connectivity index (χ4n) is 5.12. The van der Waals surface area contributed by atoms with Crippen LogP contribution in [0.5, 0.6) is 5.88 Å². The van der Waals surface area contributed by atoms with Crippen molar-refractivity contribution in [1.29, 1.82) is 0 Å². The Balaban J connectivity index is 1.36. The fourth-order valence-corrected chi connectivity index (χ4v) is 5.12. The van der Waals surface area contributed by atoms with Gasteiger partial charge in [0.15, 0.2) is 5.65 Å². The second-order valence-electron chi connectivity index (χ2n) is 10.2. The van der Waals surface area contributed by atoms with Gasteiger partial charge in [-0.2, -0.15) is 0 Å². The molecule has 8 nitrogen and oxygen atoms in total. The van der Waals surface area contributed by atoms with E-state index in [4.69, 9.17) is 24.0 Å². The molecule has 0 unspecified atom stereocenters. The van der Waals surface area contributed by atoms with Gasteiger partial charge in [-0.25, -0.2) is 9.97 Å². The molecule has 0 saturated carbocycles. The summed E-state index contributed by atoms with van der Waals surface area (Å²) in [6.45, 7) is 5.42. The average Bonchev–Trinajstić information content (AvgIpc) is 3.63. The van der Waals surface area contributed by atoms with Crippen molar-refractivity contribution >= 4 is 5.65 Å². The van der Waals surface area contributed by atoms with Crippen LogP contribution in [-0.2, 0) is 17.6 Å². The molecule has 2 aromatic carbocycles. The fraction of sp³-hybridized carbons (Fsp3) is 0.312. The van der Waals surface area contributed by atoms with Crippen LogP contribution in [0.3, 0.4) is 0 Å². The minimum Gasteiger partial charge on any atom is -0.469 e. The molecular weight excluding hydrogens is 502 g/mol. The Morgan fingerprint density at radius 2 is 1.65 bits per heavy atom. The first-order chi connectivity index (χ1) is 19.7. The molecule has 40 heavy (non-hydrogen) atoms. The Labute approximate surface area is 234 Å². The van der Waals surface area contributed by atoms with E-state index >= 15 is 0 Å². The van der Waals surface area contributed by atoms with Gasteiger partial charge in [0.2, 0.25) is 5.88 Å². The first-order valence-electron chi connectivity index (χ1n) is 13.9. The van der Waals surface area contributed by atoms with Crippen molar-refractivity contribution in [2.24, 2.45) is 0 Å². The van der Waals surface area contributed by atoms with Crippen LogP contribution in [0.4, 0.5) is 0 Å². The second-order valence-corrected chi connectivity index (χ2v) is 10.2. The zero-order chi connectivity index (χ0) is 27.1. The summed E-state index contributed by atoms with van der Waals surface area (Å²) in [6, 6.07) is 24.5. The topological polar surface area (TPSA) is 68.3 Å². The van der Waals surface area contributed by atoms with Crippen molar-refractivity contribution in [2.45, 2.75) is 19.3 Å². The quantitative estimate of drug-likeness (QED) is 0.217. The maximum atomic E-state index is 6.55. The number of furan rings is 1. The van der Waals surface area contributed by atoms with Crippen LogP contribution < -0.4 is 4.84 Å². The lowest BCUT2D eigenvalue weighted by Crippen LogP contribution is -2.38. The first kappa shape index (κ1) is 26.3. The predicted molar refractivity (Wildman–Crippen MR) is 154 cm³/mol. The summed E-state index contributed by atoms with van der Waals surface area (Å²) in [5.41, 5.74) is 5.61. The molecule has 1 fully saturated rings. The Kier molecular flexibility index (Phi) is 8.18. The van der Waals surface area contributed by atoms with Crippen molar-refractivity contribution in [3.63, 3.8) is 0 Å². The first-order valence-corrected chi connectivity index (χ1v) is 13.9. The summed E-state index contributed by atoms with van der Waals surface area (Å²) in [6.07, 6.45) is 5.92. The Morgan fingerprint density at radius 1 is 0.875 bits per heavy atom. The Bertz CT molecular complexity index is 1500. The minimum absolute atomic E-state index is 0.525. The van der Waals surface area contributed by atoms with Crippen LogP contribution in [0.25, 0.3) is 16.9 Å². The van der Waals surface area contributed by atoms with E-state index in [0.717, 1.165) is 79.9 Å². The highest BCUT2D eigenvalue weighted by Crippen LogP contribution is 2.29. The van der Waals surface area contributed by atoms with E-state index < -0.39 is 0 Å². The number of nitrogens with zero attached hydrogens (tertiary/aromatic N) is 5. The van der Waals surface area contributed by atoms with E-state index in [2.05, 4.69) is 45.7 Å². The molecule has 0 N–H and O–H groups in total. The maximum absolute atomic E-state index is 6.55. The number of morpholine rings is 1. The molecular formula is C32H35N5O3. The molecule has 3 aromatic heterocycles. The van der Waals surface area contributed by atoms with Crippen molar-refractivity contribution in [2.75, 3.05) is 46.4 Å². The molecule has 8 heteroatoms. The van der Waals surface area contributed by atoms with Gasteiger partial charge in [-0.05, 0) is 30.7 Å². The molecule has 4 heterocycles. The SMILES string of the molecule is CN(CCCN1CCOCC1)Oc1c(Cc2ccco2)nc2c(Cc3ccccc3)nc(-c3ccccc3)cn12. The molecule has 0 spiro atoms. The van der Waals surface area contributed by atoms with E-state index in [0.29, 0.717) is 18.7 Å². The van der Waals surface area contributed by atoms with Crippen molar-refractivity contribution in [3.05, 3.63) is 108 Å². The minimum atomic E-state index is 0.525. The molecule has 1 aliphatic heterocycles. The summed E-state index contributed by atoms with van der Waals surface area (Å²) in [7, 11) is 1.99. The van der Waals surface area contributed by atoms with Crippen LogP contribution in [0, 0.1) is 0 Å². The van der Waals surface area contributed by atoms with E-state index in [1.54, 1.807) is 6.26 Å². The van der Waals surface area contributed by atoms with Gasteiger partial charge < -0.3 is 14.0 Å². The van der Waals surface area contributed by atoms with E-state index in [-0.39, 0.29) is 0 Å². The van der Waals surface area contributed by atoms with Crippen LogP contribution in [-0.4, -0.2) is 70.8 Å². The number of hydrogen-bond donors (Lipinski definition) is 0. The number of imidazole rings is 1. The molecule has 5 aromatic rings. The lowest BCUT2D eigenvalue weighted by Gasteiger charge is -2.27. The van der Waals surface area contributed by atoms with Gasteiger partial charge in [0, 0.05) is 44.9 Å².